The van der Waals surface area contributed by atoms with Crippen molar-refractivity contribution in [1.29, 1.82) is 0 Å². The zero-order valence-electron chi connectivity index (χ0n) is 5.94. The van der Waals surface area contributed by atoms with Crippen molar-refractivity contribution in [3.63, 3.8) is 0 Å². The standard InChI is InChI=1S/C5H8N4O2/c1-11-4-2-3(6)9(10)5(7)8-4/h2H,6H2,1H3,(H2,7,8). The first kappa shape index (κ1) is 7.39. The molecule has 1 rings (SSSR count). The molecule has 6 heteroatoms. The first-order valence-electron chi connectivity index (χ1n) is 2.84. The first-order valence-corrected chi connectivity index (χ1v) is 2.84. The molecule has 11 heavy (non-hydrogen) atoms. The van der Waals surface area contributed by atoms with Gasteiger partial charge in [-0.15, -0.1) is 0 Å². The van der Waals surface area contributed by atoms with E-state index in [0.29, 0.717) is 4.73 Å². The Morgan fingerprint density at radius 3 is 2.73 bits per heavy atom. The van der Waals surface area contributed by atoms with E-state index in [2.05, 4.69) is 4.98 Å². The van der Waals surface area contributed by atoms with E-state index in [-0.39, 0.29) is 17.6 Å². The summed E-state index contributed by atoms with van der Waals surface area (Å²) < 4.78 is 5.03. The Morgan fingerprint density at radius 1 is 1.64 bits per heavy atom. The third-order valence-corrected chi connectivity index (χ3v) is 1.15. The molecule has 0 aromatic carbocycles. The van der Waals surface area contributed by atoms with Gasteiger partial charge in [0.1, 0.15) is 0 Å². The Labute approximate surface area is 63.0 Å². The van der Waals surface area contributed by atoms with Crippen LogP contribution in [0.4, 0.5) is 11.8 Å². The molecule has 1 aromatic heterocycles. The van der Waals surface area contributed by atoms with Crippen molar-refractivity contribution in [2.45, 2.75) is 0 Å². The monoisotopic (exact) mass is 156 g/mol. The van der Waals surface area contributed by atoms with Gasteiger partial charge in [-0.1, -0.05) is 4.98 Å². The van der Waals surface area contributed by atoms with Crippen molar-refractivity contribution in [1.82, 2.24) is 4.98 Å². The van der Waals surface area contributed by atoms with Crippen LogP contribution in [0.2, 0.25) is 0 Å². The van der Waals surface area contributed by atoms with Crippen molar-refractivity contribution in [3.05, 3.63) is 11.3 Å². The number of anilines is 2. The second kappa shape index (κ2) is 2.49. The molecule has 0 saturated heterocycles. The molecule has 60 valence electrons. The Morgan fingerprint density at radius 2 is 2.27 bits per heavy atom. The van der Waals surface area contributed by atoms with Crippen LogP contribution in [-0.4, -0.2) is 12.1 Å². The summed E-state index contributed by atoms with van der Waals surface area (Å²) in [6, 6.07) is 1.30. The predicted molar refractivity (Wildman–Crippen MR) is 38.6 cm³/mol. The van der Waals surface area contributed by atoms with Gasteiger partial charge in [0.2, 0.25) is 0 Å². The van der Waals surface area contributed by atoms with Gasteiger partial charge in [0, 0.05) is 0 Å². The highest BCUT2D eigenvalue weighted by molar-refractivity contribution is 5.31. The maximum absolute atomic E-state index is 10.8. The van der Waals surface area contributed by atoms with E-state index >= 15 is 0 Å². The lowest BCUT2D eigenvalue weighted by atomic mass is 10.5. The van der Waals surface area contributed by atoms with Crippen molar-refractivity contribution >= 4 is 11.8 Å². The second-order valence-electron chi connectivity index (χ2n) is 1.88. The molecule has 4 N–H and O–H groups in total. The van der Waals surface area contributed by atoms with Crippen LogP contribution in [0.25, 0.3) is 0 Å². The fraction of sp³-hybridized carbons (Fsp3) is 0.200. The third-order valence-electron chi connectivity index (χ3n) is 1.15. The second-order valence-corrected chi connectivity index (χ2v) is 1.88. The van der Waals surface area contributed by atoms with Crippen LogP contribution < -0.4 is 20.9 Å². The van der Waals surface area contributed by atoms with Gasteiger partial charge < -0.3 is 21.4 Å². The number of ether oxygens (including phenoxy) is 1. The number of nitrogens with two attached hydrogens (primary N) is 2. The summed E-state index contributed by atoms with van der Waals surface area (Å²) in [5, 5.41) is 10.8. The number of methoxy groups -OCH3 is 1. The number of nitrogen functional groups attached to an aromatic ring is 2. The molecule has 0 amide bonds. The molecule has 1 heterocycles. The molecule has 6 nitrogen and oxygen atoms in total. The predicted octanol–water partition coefficient (Wildman–Crippen LogP) is -1.11. The molecule has 0 unspecified atom stereocenters. The smallest absolute Gasteiger partial charge is 0.347 e. The van der Waals surface area contributed by atoms with E-state index in [1.165, 1.54) is 13.2 Å². The Bertz CT molecular complexity index is 252. The molecule has 0 aliphatic rings. The topological polar surface area (TPSA) is 101 Å². The fourth-order valence-corrected chi connectivity index (χ4v) is 0.613. The van der Waals surface area contributed by atoms with Crippen LogP contribution in [0.1, 0.15) is 0 Å². The molecule has 0 spiro atoms. The average Bonchev–Trinajstić information content (AvgIpc) is 1.99. The van der Waals surface area contributed by atoms with Gasteiger partial charge in [0.15, 0.2) is 5.82 Å². The lowest BCUT2D eigenvalue weighted by Crippen LogP contribution is -2.35. The first-order chi connectivity index (χ1) is 5.15. The quantitative estimate of drug-likeness (QED) is 0.396. The van der Waals surface area contributed by atoms with E-state index in [0.717, 1.165) is 0 Å². The number of aromatic nitrogens is 2. The lowest BCUT2D eigenvalue weighted by Gasteiger charge is -2.08. The Hall–Kier alpha value is -1.72. The van der Waals surface area contributed by atoms with Gasteiger partial charge in [-0.25, -0.2) is 4.73 Å². The van der Waals surface area contributed by atoms with Crippen molar-refractivity contribution in [2.75, 3.05) is 18.6 Å². The maximum Gasteiger partial charge on any atom is 0.347 e. The molecule has 0 atom stereocenters. The summed E-state index contributed by atoms with van der Waals surface area (Å²) >= 11 is 0. The van der Waals surface area contributed by atoms with Crippen LogP contribution >= 0.6 is 0 Å². The summed E-state index contributed by atoms with van der Waals surface area (Å²) in [4.78, 5) is 3.58. The molecular weight excluding hydrogens is 148 g/mol. The van der Waals surface area contributed by atoms with E-state index in [9.17, 15) is 5.21 Å². The number of rotatable bonds is 1. The summed E-state index contributed by atoms with van der Waals surface area (Å²) in [7, 11) is 1.41. The van der Waals surface area contributed by atoms with Gasteiger partial charge in [-0.3, -0.25) is 0 Å². The molecule has 0 saturated carbocycles. The van der Waals surface area contributed by atoms with E-state index in [1.807, 2.05) is 0 Å². The minimum atomic E-state index is -0.221. The Kier molecular flexibility index (Phi) is 1.67. The molecule has 0 radical (unpaired) electrons. The molecule has 0 aliphatic heterocycles. The van der Waals surface area contributed by atoms with Gasteiger partial charge in [0.25, 0.3) is 5.88 Å². The summed E-state index contributed by atoms with van der Waals surface area (Å²) in [5.41, 5.74) is 10.4. The molecule has 0 bridgehead atoms. The highest BCUT2D eigenvalue weighted by Crippen LogP contribution is 2.08. The fourth-order valence-electron chi connectivity index (χ4n) is 0.613. The van der Waals surface area contributed by atoms with Gasteiger partial charge >= 0.3 is 5.95 Å². The highest BCUT2D eigenvalue weighted by atomic mass is 16.5. The summed E-state index contributed by atoms with van der Waals surface area (Å²) in [5.74, 6) is -0.0247. The zero-order chi connectivity index (χ0) is 8.43. The zero-order valence-corrected chi connectivity index (χ0v) is 5.94. The molecule has 0 fully saturated rings. The average molecular weight is 156 g/mol. The molecule has 0 aliphatic carbocycles. The van der Waals surface area contributed by atoms with Crippen LogP contribution in [0.15, 0.2) is 6.07 Å². The van der Waals surface area contributed by atoms with Crippen LogP contribution in [0.5, 0.6) is 5.88 Å². The van der Waals surface area contributed by atoms with Crippen molar-refractivity contribution in [2.24, 2.45) is 0 Å². The SMILES string of the molecule is COc1cc(N)[n+]([O-])c(N)n1. The normalized spacial score (nSPS) is 9.55. The van der Waals surface area contributed by atoms with Crippen LogP contribution in [-0.2, 0) is 0 Å². The minimum Gasteiger partial charge on any atom is -0.754 e. The minimum absolute atomic E-state index is 0.0330. The summed E-state index contributed by atoms with van der Waals surface area (Å²) in [6.07, 6.45) is 0. The highest BCUT2D eigenvalue weighted by Gasteiger charge is 2.06. The maximum atomic E-state index is 10.8. The van der Waals surface area contributed by atoms with E-state index < -0.39 is 0 Å². The van der Waals surface area contributed by atoms with Crippen molar-refractivity contribution < 1.29 is 9.47 Å². The molecular formula is C5H8N4O2. The Balaban J connectivity index is 3.21. The van der Waals surface area contributed by atoms with Gasteiger partial charge in [-0.2, -0.15) is 0 Å². The van der Waals surface area contributed by atoms with Crippen molar-refractivity contribution in [3.8, 4) is 5.88 Å². The van der Waals surface area contributed by atoms with Crippen LogP contribution in [0, 0.1) is 5.21 Å². The van der Waals surface area contributed by atoms with E-state index in [4.69, 9.17) is 16.2 Å². The molecule has 1 aromatic rings. The van der Waals surface area contributed by atoms with Gasteiger partial charge in [-0.05, 0) is 0 Å². The van der Waals surface area contributed by atoms with Gasteiger partial charge in [0.05, 0.1) is 13.2 Å². The van der Waals surface area contributed by atoms with Crippen LogP contribution in [0.3, 0.4) is 0 Å². The van der Waals surface area contributed by atoms with E-state index in [1.54, 1.807) is 0 Å². The number of nitrogens with zero attached hydrogens (tertiary/aromatic N) is 2. The largest absolute Gasteiger partial charge is 0.754 e. The summed E-state index contributed by atoms with van der Waals surface area (Å²) in [6.45, 7) is 0. The number of hydrogen-bond acceptors (Lipinski definition) is 5. The lowest BCUT2D eigenvalue weighted by molar-refractivity contribution is -0.577. The number of hydrogen-bond donors (Lipinski definition) is 2. The third kappa shape index (κ3) is 1.23.